The molecule has 0 radical (unpaired) electrons. The van der Waals surface area contributed by atoms with Crippen molar-refractivity contribution in [1.29, 1.82) is 5.26 Å². The van der Waals surface area contributed by atoms with Crippen LogP contribution in [0.5, 0.6) is 0 Å². The zero-order valence-corrected chi connectivity index (χ0v) is 11.4. The van der Waals surface area contributed by atoms with Crippen molar-refractivity contribution in [3.8, 4) is 6.07 Å². The molecule has 0 aromatic heterocycles. The summed E-state index contributed by atoms with van der Waals surface area (Å²) in [7, 11) is 0. The second-order valence-electron chi connectivity index (χ2n) is 5.82. The summed E-state index contributed by atoms with van der Waals surface area (Å²) < 4.78 is 0. The van der Waals surface area contributed by atoms with Gasteiger partial charge in [-0.25, -0.2) is 0 Å². The summed E-state index contributed by atoms with van der Waals surface area (Å²) in [4.78, 5) is 4.94. The minimum atomic E-state index is -0.672. The maximum atomic E-state index is 8.86. The van der Waals surface area contributed by atoms with Gasteiger partial charge in [-0.05, 0) is 19.3 Å². The zero-order chi connectivity index (χ0) is 12.9. The lowest BCUT2D eigenvalue weighted by molar-refractivity contribution is 0.118. The second-order valence-corrected chi connectivity index (χ2v) is 5.82. The molecule has 1 saturated heterocycles. The molecule has 0 saturated carbocycles. The van der Waals surface area contributed by atoms with Crippen molar-refractivity contribution in [2.24, 2.45) is 11.7 Å². The van der Waals surface area contributed by atoms with Gasteiger partial charge < -0.3 is 15.5 Å². The Morgan fingerprint density at radius 2 is 1.76 bits per heavy atom. The molecule has 0 amide bonds. The first-order valence-corrected chi connectivity index (χ1v) is 6.58. The fourth-order valence-corrected chi connectivity index (χ4v) is 2.16. The summed E-state index contributed by atoms with van der Waals surface area (Å²) in [5.41, 5.74) is 5.16. The van der Waals surface area contributed by atoms with Crippen molar-refractivity contribution in [2.75, 3.05) is 39.3 Å². The van der Waals surface area contributed by atoms with Crippen LogP contribution in [0.15, 0.2) is 0 Å². The van der Waals surface area contributed by atoms with E-state index in [1.807, 2.05) is 6.92 Å². The molecule has 98 valence electrons. The van der Waals surface area contributed by atoms with Crippen LogP contribution in [-0.2, 0) is 0 Å². The lowest BCUT2D eigenvalue weighted by Gasteiger charge is -2.36. The predicted molar refractivity (Wildman–Crippen MR) is 70.5 cm³/mol. The largest absolute Gasteiger partial charge is 0.314 e. The molecule has 1 rings (SSSR count). The summed E-state index contributed by atoms with van der Waals surface area (Å²) in [5.74, 6) is 0.743. The summed E-state index contributed by atoms with van der Waals surface area (Å²) >= 11 is 0. The maximum absolute atomic E-state index is 8.86. The number of hydrogen-bond acceptors (Lipinski definition) is 4. The van der Waals surface area contributed by atoms with E-state index in [-0.39, 0.29) is 0 Å². The van der Waals surface area contributed by atoms with E-state index in [2.05, 4.69) is 29.7 Å². The van der Waals surface area contributed by atoms with Gasteiger partial charge in [0, 0.05) is 39.3 Å². The molecule has 0 aliphatic carbocycles. The standard InChI is InChI=1S/C13H26N4/c1-12(2)10-17-8-6-16(7-9-17)5-4-13(3,15)11-14/h12H,4-10,15H2,1-3H3. The van der Waals surface area contributed by atoms with E-state index in [1.165, 1.54) is 6.54 Å². The van der Waals surface area contributed by atoms with Crippen molar-refractivity contribution in [3.63, 3.8) is 0 Å². The van der Waals surface area contributed by atoms with Gasteiger partial charge in [-0.2, -0.15) is 5.26 Å². The Labute approximate surface area is 105 Å². The smallest absolute Gasteiger partial charge is 0.102 e. The molecule has 0 aromatic rings. The summed E-state index contributed by atoms with van der Waals surface area (Å²) in [5, 5.41) is 8.86. The van der Waals surface area contributed by atoms with Crippen molar-refractivity contribution < 1.29 is 0 Å². The van der Waals surface area contributed by atoms with Crippen LogP contribution in [0.1, 0.15) is 27.2 Å². The topological polar surface area (TPSA) is 56.3 Å². The van der Waals surface area contributed by atoms with Crippen LogP contribution < -0.4 is 5.73 Å². The van der Waals surface area contributed by atoms with E-state index < -0.39 is 5.54 Å². The van der Waals surface area contributed by atoms with Crippen molar-refractivity contribution in [2.45, 2.75) is 32.7 Å². The van der Waals surface area contributed by atoms with Gasteiger partial charge >= 0.3 is 0 Å². The first-order valence-electron chi connectivity index (χ1n) is 6.58. The highest BCUT2D eigenvalue weighted by atomic mass is 15.3. The molecule has 0 aromatic carbocycles. The van der Waals surface area contributed by atoms with Crippen LogP contribution >= 0.6 is 0 Å². The van der Waals surface area contributed by atoms with Gasteiger partial charge in [0.2, 0.25) is 0 Å². The third-order valence-corrected chi connectivity index (χ3v) is 3.29. The van der Waals surface area contributed by atoms with Crippen molar-refractivity contribution in [1.82, 2.24) is 9.80 Å². The fourth-order valence-electron chi connectivity index (χ4n) is 2.16. The first-order chi connectivity index (χ1) is 7.93. The van der Waals surface area contributed by atoms with Gasteiger partial charge in [-0.3, -0.25) is 0 Å². The molecular formula is C13H26N4. The second kappa shape index (κ2) is 6.34. The van der Waals surface area contributed by atoms with E-state index in [4.69, 9.17) is 11.0 Å². The van der Waals surface area contributed by atoms with Gasteiger partial charge in [-0.1, -0.05) is 13.8 Å². The van der Waals surface area contributed by atoms with Crippen LogP contribution in [0, 0.1) is 17.2 Å². The highest BCUT2D eigenvalue weighted by Gasteiger charge is 2.21. The zero-order valence-electron chi connectivity index (χ0n) is 11.4. The fraction of sp³-hybridized carbons (Fsp3) is 0.923. The molecule has 4 heteroatoms. The molecule has 4 nitrogen and oxygen atoms in total. The highest BCUT2D eigenvalue weighted by molar-refractivity contribution is 5.01. The number of piperazine rings is 1. The average Bonchev–Trinajstić information content (AvgIpc) is 2.28. The molecule has 0 bridgehead atoms. The highest BCUT2D eigenvalue weighted by Crippen LogP contribution is 2.09. The Balaban J connectivity index is 2.22. The quantitative estimate of drug-likeness (QED) is 0.773. The Morgan fingerprint density at radius 3 is 2.24 bits per heavy atom. The minimum Gasteiger partial charge on any atom is -0.314 e. The van der Waals surface area contributed by atoms with Crippen LogP contribution in [0.4, 0.5) is 0 Å². The maximum Gasteiger partial charge on any atom is 0.102 e. The van der Waals surface area contributed by atoms with Gasteiger partial charge in [0.05, 0.1) is 6.07 Å². The molecule has 1 aliphatic rings. The number of nitrogens with zero attached hydrogens (tertiary/aromatic N) is 3. The van der Waals surface area contributed by atoms with E-state index in [0.717, 1.165) is 45.1 Å². The van der Waals surface area contributed by atoms with Crippen LogP contribution in [0.25, 0.3) is 0 Å². The summed E-state index contributed by atoms with van der Waals surface area (Å²) in [6, 6.07) is 2.16. The molecule has 1 unspecified atom stereocenters. The SMILES string of the molecule is CC(C)CN1CCN(CCC(C)(N)C#N)CC1. The molecule has 17 heavy (non-hydrogen) atoms. The Hall–Kier alpha value is -0.630. The number of nitrogens with two attached hydrogens (primary N) is 1. The lowest BCUT2D eigenvalue weighted by atomic mass is 10.0. The van der Waals surface area contributed by atoms with Crippen LogP contribution in [0.3, 0.4) is 0 Å². The van der Waals surface area contributed by atoms with Gasteiger partial charge in [0.25, 0.3) is 0 Å². The van der Waals surface area contributed by atoms with Crippen molar-refractivity contribution in [3.05, 3.63) is 0 Å². The molecule has 1 fully saturated rings. The predicted octanol–water partition coefficient (Wildman–Crippen LogP) is 0.891. The summed E-state index contributed by atoms with van der Waals surface area (Å²) in [6.07, 6.45) is 0.758. The molecular weight excluding hydrogens is 212 g/mol. The minimum absolute atomic E-state index is 0.672. The van der Waals surface area contributed by atoms with Gasteiger partial charge in [0.1, 0.15) is 5.54 Å². The first kappa shape index (κ1) is 14.4. The Kier molecular flexibility index (Phi) is 5.38. The van der Waals surface area contributed by atoms with Crippen molar-refractivity contribution >= 4 is 0 Å². The normalized spacial score (nSPS) is 22.4. The molecule has 1 heterocycles. The third-order valence-electron chi connectivity index (χ3n) is 3.29. The number of hydrogen-bond donors (Lipinski definition) is 1. The average molecular weight is 238 g/mol. The number of nitriles is 1. The van der Waals surface area contributed by atoms with E-state index in [0.29, 0.717) is 0 Å². The van der Waals surface area contributed by atoms with Gasteiger partial charge in [-0.15, -0.1) is 0 Å². The Morgan fingerprint density at radius 1 is 1.24 bits per heavy atom. The molecule has 1 aliphatic heterocycles. The van der Waals surface area contributed by atoms with E-state index in [1.54, 1.807) is 0 Å². The molecule has 2 N–H and O–H groups in total. The van der Waals surface area contributed by atoms with Gasteiger partial charge in [0.15, 0.2) is 0 Å². The number of rotatable bonds is 5. The lowest BCUT2D eigenvalue weighted by Crippen LogP contribution is -2.49. The third kappa shape index (κ3) is 5.49. The monoisotopic (exact) mass is 238 g/mol. The van der Waals surface area contributed by atoms with Crippen LogP contribution in [0.2, 0.25) is 0 Å². The van der Waals surface area contributed by atoms with Crippen LogP contribution in [-0.4, -0.2) is 54.6 Å². The Bertz CT molecular complexity index is 259. The molecule has 1 atom stereocenters. The van der Waals surface area contributed by atoms with E-state index in [9.17, 15) is 0 Å². The summed E-state index contributed by atoms with van der Waals surface area (Å²) in [6.45, 7) is 13.0. The van der Waals surface area contributed by atoms with E-state index >= 15 is 0 Å². The molecule has 0 spiro atoms.